The van der Waals surface area contributed by atoms with Crippen molar-refractivity contribution in [1.29, 1.82) is 0 Å². The summed E-state index contributed by atoms with van der Waals surface area (Å²) in [4.78, 5) is 15.7. The number of H-pyrrole nitrogens is 1. The summed E-state index contributed by atoms with van der Waals surface area (Å²) in [6.45, 7) is 0. The van der Waals surface area contributed by atoms with Gasteiger partial charge in [0, 0.05) is 23.5 Å². The van der Waals surface area contributed by atoms with E-state index in [9.17, 15) is 4.79 Å². The number of carbonyl (C=O) groups is 1. The van der Waals surface area contributed by atoms with Crippen LogP contribution in [0, 0.1) is 5.92 Å². The number of rotatable bonds is 3. The van der Waals surface area contributed by atoms with Crippen molar-refractivity contribution in [3.05, 3.63) is 46.6 Å². The van der Waals surface area contributed by atoms with Gasteiger partial charge in [-0.2, -0.15) is 0 Å². The van der Waals surface area contributed by atoms with E-state index in [0.717, 1.165) is 42.6 Å². The quantitative estimate of drug-likeness (QED) is 0.817. The Balaban J connectivity index is 1.48. The molecular formula is C19H21ClN2O. The first-order valence-electron chi connectivity index (χ1n) is 8.44. The summed E-state index contributed by atoms with van der Waals surface area (Å²) in [5, 5.41) is 5.20. The van der Waals surface area contributed by atoms with Crippen LogP contribution in [-0.2, 0) is 17.6 Å². The lowest BCUT2D eigenvalue weighted by molar-refractivity contribution is -0.122. The second-order valence-electron chi connectivity index (χ2n) is 6.72. The summed E-state index contributed by atoms with van der Waals surface area (Å²) in [6, 6.07) is 6.26. The zero-order valence-corrected chi connectivity index (χ0v) is 13.8. The standard InChI is InChI=1S/C19H21ClN2O/c20-16-7-3-6-14-15-11-13(8-9-17(15)22-19(14)16)21-18(23)10-12-4-1-2-5-12/h1,3-4,6-7,12-13,22H,2,5,8-11H2,(H,21,23)/t12-,13+/m1/s1. The zero-order chi connectivity index (χ0) is 15.8. The fraction of sp³-hybridized carbons (Fsp3) is 0.421. The number of aryl methyl sites for hydroxylation is 1. The minimum absolute atomic E-state index is 0.188. The van der Waals surface area contributed by atoms with Crippen LogP contribution in [0.4, 0.5) is 0 Å². The number of fused-ring (bicyclic) bond motifs is 3. The van der Waals surface area contributed by atoms with E-state index in [1.165, 1.54) is 16.6 Å². The number of carbonyl (C=O) groups excluding carboxylic acids is 1. The van der Waals surface area contributed by atoms with Gasteiger partial charge in [0.15, 0.2) is 0 Å². The number of para-hydroxylation sites is 1. The van der Waals surface area contributed by atoms with Gasteiger partial charge in [-0.1, -0.05) is 35.9 Å². The van der Waals surface area contributed by atoms with Crippen molar-refractivity contribution in [2.75, 3.05) is 0 Å². The van der Waals surface area contributed by atoms with Gasteiger partial charge in [-0.15, -0.1) is 0 Å². The van der Waals surface area contributed by atoms with Crippen molar-refractivity contribution in [3.63, 3.8) is 0 Å². The molecule has 1 aromatic carbocycles. The van der Waals surface area contributed by atoms with Crippen LogP contribution in [0.1, 0.15) is 36.9 Å². The molecule has 3 nitrogen and oxygen atoms in total. The molecule has 2 atom stereocenters. The predicted octanol–water partition coefficient (Wildman–Crippen LogP) is 4.15. The first-order valence-corrected chi connectivity index (χ1v) is 8.82. The van der Waals surface area contributed by atoms with Crippen LogP contribution < -0.4 is 5.32 Å². The minimum Gasteiger partial charge on any atom is -0.357 e. The van der Waals surface area contributed by atoms with Crippen molar-refractivity contribution in [3.8, 4) is 0 Å². The maximum atomic E-state index is 12.3. The van der Waals surface area contributed by atoms with Gasteiger partial charge in [0.05, 0.1) is 10.5 Å². The molecule has 4 rings (SSSR count). The molecule has 0 spiro atoms. The van der Waals surface area contributed by atoms with E-state index in [1.807, 2.05) is 12.1 Å². The van der Waals surface area contributed by atoms with Crippen molar-refractivity contribution in [2.24, 2.45) is 5.92 Å². The SMILES string of the molecule is O=C(C[C@@H]1C=CCC1)N[C@H]1CCc2[nH]c3c(Cl)cccc3c2C1. The lowest BCUT2D eigenvalue weighted by Gasteiger charge is -2.24. The normalized spacial score (nSPS) is 23.2. The highest BCUT2D eigenvalue weighted by molar-refractivity contribution is 6.35. The van der Waals surface area contributed by atoms with Crippen molar-refractivity contribution < 1.29 is 4.79 Å². The van der Waals surface area contributed by atoms with E-state index in [0.29, 0.717) is 12.3 Å². The van der Waals surface area contributed by atoms with Crippen molar-refractivity contribution in [1.82, 2.24) is 10.3 Å². The Bertz CT molecular complexity index is 777. The summed E-state index contributed by atoms with van der Waals surface area (Å²) in [6.07, 6.45) is 10.1. The number of aromatic amines is 1. The monoisotopic (exact) mass is 328 g/mol. The Morgan fingerprint density at radius 1 is 1.35 bits per heavy atom. The van der Waals surface area contributed by atoms with Gasteiger partial charge >= 0.3 is 0 Å². The highest BCUT2D eigenvalue weighted by Crippen LogP contribution is 2.32. The highest BCUT2D eigenvalue weighted by atomic mass is 35.5. The fourth-order valence-corrected chi connectivity index (χ4v) is 4.14. The Hall–Kier alpha value is -1.74. The Labute approximate surface area is 141 Å². The molecular weight excluding hydrogens is 308 g/mol. The van der Waals surface area contributed by atoms with Crippen LogP contribution in [0.5, 0.6) is 0 Å². The third-order valence-electron chi connectivity index (χ3n) is 5.10. The molecule has 2 aromatic rings. The lowest BCUT2D eigenvalue weighted by atomic mass is 9.91. The summed E-state index contributed by atoms with van der Waals surface area (Å²) in [5.74, 6) is 0.619. The topological polar surface area (TPSA) is 44.9 Å². The number of hydrogen-bond donors (Lipinski definition) is 2. The van der Waals surface area contributed by atoms with Gasteiger partial charge in [0.1, 0.15) is 0 Å². The van der Waals surface area contributed by atoms with Gasteiger partial charge < -0.3 is 10.3 Å². The van der Waals surface area contributed by atoms with Crippen molar-refractivity contribution in [2.45, 2.75) is 44.6 Å². The van der Waals surface area contributed by atoms with Gasteiger partial charge in [-0.3, -0.25) is 4.79 Å². The summed E-state index contributed by atoms with van der Waals surface area (Å²) in [7, 11) is 0. The molecule has 120 valence electrons. The molecule has 0 radical (unpaired) electrons. The van der Waals surface area contributed by atoms with E-state index < -0.39 is 0 Å². The second kappa shape index (κ2) is 6.04. The van der Waals surface area contributed by atoms with E-state index in [-0.39, 0.29) is 11.9 Å². The minimum atomic E-state index is 0.188. The molecule has 4 heteroatoms. The number of nitrogens with one attached hydrogen (secondary N) is 2. The number of allylic oxidation sites excluding steroid dienone is 2. The maximum Gasteiger partial charge on any atom is 0.220 e. The van der Waals surface area contributed by atoms with Gasteiger partial charge in [-0.05, 0) is 49.7 Å². The number of halogens is 1. The van der Waals surface area contributed by atoms with Crippen LogP contribution in [0.3, 0.4) is 0 Å². The van der Waals surface area contributed by atoms with Crippen LogP contribution >= 0.6 is 11.6 Å². The van der Waals surface area contributed by atoms with Crippen molar-refractivity contribution >= 4 is 28.4 Å². The third-order valence-corrected chi connectivity index (χ3v) is 5.41. The molecule has 23 heavy (non-hydrogen) atoms. The largest absolute Gasteiger partial charge is 0.357 e. The molecule has 1 aromatic heterocycles. The molecule has 1 amide bonds. The molecule has 1 heterocycles. The molecule has 0 fully saturated rings. The average Bonchev–Trinajstić information content (AvgIpc) is 3.15. The summed E-state index contributed by atoms with van der Waals surface area (Å²) >= 11 is 6.29. The number of aromatic nitrogens is 1. The molecule has 0 unspecified atom stereocenters. The molecule has 2 N–H and O–H groups in total. The number of benzene rings is 1. The van der Waals surface area contributed by atoms with E-state index in [4.69, 9.17) is 11.6 Å². The molecule has 0 bridgehead atoms. The molecule has 0 saturated carbocycles. The Kier molecular flexibility index (Phi) is 3.90. The predicted molar refractivity (Wildman–Crippen MR) is 93.7 cm³/mol. The van der Waals surface area contributed by atoms with Gasteiger partial charge in [-0.25, -0.2) is 0 Å². The second-order valence-corrected chi connectivity index (χ2v) is 7.13. The first kappa shape index (κ1) is 14.8. The first-order chi connectivity index (χ1) is 11.2. The summed E-state index contributed by atoms with van der Waals surface area (Å²) in [5.41, 5.74) is 3.62. The summed E-state index contributed by atoms with van der Waals surface area (Å²) < 4.78 is 0. The molecule has 2 aliphatic rings. The molecule has 2 aliphatic carbocycles. The Morgan fingerprint density at radius 3 is 3.09 bits per heavy atom. The van der Waals surface area contributed by atoms with Crippen LogP contribution in [0.25, 0.3) is 10.9 Å². The highest BCUT2D eigenvalue weighted by Gasteiger charge is 2.25. The van der Waals surface area contributed by atoms with Crippen LogP contribution in [-0.4, -0.2) is 16.9 Å². The number of amides is 1. The van der Waals surface area contributed by atoms with E-state index >= 15 is 0 Å². The van der Waals surface area contributed by atoms with Gasteiger partial charge in [0.25, 0.3) is 0 Å². The average molecular weight is 329 g/mol. The van der Waals surface area contributed by atoms with E-state index in [2.05, 4.69) is 28.5 Å². The maximum absolute atomic E-state index is 12.3. The lowest BCUT2D eigenvalue weighted by Crippen LogP contribution is -2.39. The van der Waals surface area contributed by atoms with E-state index in [1.54, 1.807) is 0 Å². The fourth-order valence-electron chi connectivity index (χ4n) is 3.92. The zero-order valence-electron chi connectivity index (χ0n) is 13.1. The number of hydrogen-bond acceptors (Lipinski definition) is 1. The van der Waals surface area contributed by atoms with Crippen LogP contribution in [0.15, 0.2) is 30.4 Å². The Morgan fingerprint density at radius 2 is 2.26 bits per heavy atom. The molecule has 0 saturated heterocycles. The third kappa shape index (κ3) is 2.90. The van der Waals surface area contributed by atoms with Crippen LogP contribution in [0.2, 0.25) is 5.02 Å². The van der Waals surface area contributed by atoms with Gasteiger partial charge in [0.2, 0.25) is 5.91 Å². The molecule has 0 aliphatic heterocycles. The smallest absolute Gasteiger partial charge is 0.220 e.